The highest BCUT2D eigenvalue weighted by Gasteiger charge is 2.62. The Balaban J connectivity index is 1.37. The Labute approximate surface area is 172 Å². The van der Waals surface area contributed by atoms with Crippen LogP contribution in [0, 0.1) is 17.3 Å². The van der Waals surface area contributed by atoms with E-state index in [0.29, 0.717) is 18.4 Å². The molecule has 2 fully saturated rings. The summed E-state index contributed by atoms with van der Waals surface area (Å²) >= 11 is 0. The minimum absolute atomic E-state index is 0.0478. The van der Waals surface area contributed by atoms with Gasteiger partial charge in [-0.3, -0.25) is 0 Å². The van der Waals surface area contributed by atoms with Crippen molar-refractivity contribution in [3.05, 3.63) is 65.2 Å². The summed E-state index contributed by atoms with van der Waals surface area (Å²) in [5.41, 5.74) is 3.47. The molecule has 0 spiro atoms. The molecule has 0 heterocycles. The van der Waals surface area contributed by atoms with Gasteiger partial charge < -0.3 is 20.1 Å². The number of aliphatic hydroxyl groups is 3. The van der Waals surface area contributed by atoms with Crippen molar-refractivity contribution in [2.45, 2.75) is 63.4 Å². The van der Waals surface area contributed by atoms with Crippen molar-refractivity contribution < 1.29 is 20.1 Å². The van der Waals surface area contributed by atoms with Crippen LogP contribution in [0.25, 0.3) is 0 Å². The van der Waals surface area contributed by atoms with E-state index in [9.17, 15) is 15.3 Å². The largest absolute Gasteiger partial charge is 0.489 e. The number of hydrogen-bond acceptors (Lipinski definition) is 4. The van der Waals surface area contributed by atoms with E-state index in [1.165, 1.54) is 11.1 Å². The van der Waals surface area contributed by atoms with E-state index in [1.807, 2.05) is 25.1 Å². The lowest BCUT2D eigenvalue weighted by Crippen LogP contribution is -2.46. The Morgan fingerprint density at radius 2 is 1.79 bits per heavy atom. The zero-order valence-corrected chi connectivity index (χ0v) is 16.9. The fourth-order valence-corrected chi connectivity index (χ4v) is 6.44. The van der Waals surface area contributed by atoms with Gasteiger partial charge in [-0.05, 0) is 72.3 Å². The molecular formula is C25H30O4. The number of aliphatic hydroxyl groups excluding tert-OH is 3. The molecule has 0 aromatic heterocycles. The molecule has 2 saturated carbocycles. The maximum atomic E-state index is 10.7. The quantitative estimate of drug-likeness (QED) is 0.746. The number of hydrogen-bond donors (Lipinski definition) is 3. The van der Waals surface area contributed by atoms with E-state index in [4.69, 9.17) is 4.74 Å². The van der Waals surface area contributed by atoms with Crippen LogP contribution in [-0.2, 0) is 13.0 Å². The number of rotatable bonds is 3. The van der Waals surface area contributed by atoms with Crippen LogP contribution < -0.4 is 4.74 Å². The van der Waals surface area contributed by atoms with Gasteiger partial charge in [-0.25, -0.2) is 0 Å². The zero-order valence-electron chi connectivity index (χ0n) is 16.9. The molecule has 2 aromatic carbocycles. The minimum atomic E-state index is -1.03. The molecular weight excluding hydrogens is 364 g/mol. The average molecular weight is 395 g/mol. The predicted octanol–water partition coefficient (Wildman–Crippen LogP) is 3.42. The van der Waals surface area contributed by atoms with Gasteiger partial charge in [-0.15, -0.1) is 0 Å². The topological polar surface area (TPSA) is 69.9 Å². The highest BCUT2D eigenvalue weighted by molar-refractivity contribution is 5.41. The molecule has 0 aliphatic heterocycles. The van der Waals surface area contributed by atoms with Crippen LogP contribution >= 0.6 is 0 Å². The summed E-state index contributed by atoms with van der Waals surface area (Å²) < 4.78 is 6.02. The summed E-state index contributed by atoms with van der Waals surface area (Å²) in [6.07, 6.45) is 1.06. The molecule has 7 atom stereocenters. The van der Waals surface area contributed by atoms with E-state index < -0.39 is 23.7 Å². The molecule has 154 valence electrons. The average Bonchev–Trinajstić information content (AvgIpc) is 2.93. The van der Waals surface area contributed by atoms with Crippen molar-refractivity contribution in [1.29, 1.82) is 0 Å². The summed E-state index contributed by atoms with van der Waals surface area (Å²) in [4.78, 5) is 0. The van der Waals surface area contributed by atoms with Gasteiger partial charge in [0.25, 0.3) is 0 Å². The fraction of sp³-hybridized carbons (Fsp3) is 0.520. The standard InChI is InChI=1S/C25H30O4/c1-25-12-11-19-18-10-8-17(29-14-15-5-3-2-4-6-15)13-16(18)7-9-20(19)21(25)22(26)23(27)24(25)28/h2-6,8,10,13,19-24,26-28H,7,9,11-12,14H2,1H3/t19-,20-,21-,22?,23?,24+,25+/m1/s1. The third kappa shape index (κ3) is 3.00. The molecule has 3 aliphatic carbocycles. The summed E-state index contributed by atoms with van der Waals surface area (Å²) in [5, 5.41) is 31.6. The molecule has 2 aromatic rings. The lowest BCUT2D eigenvalue weighted by Gasteiger charge is -2.50. The Morgan fingerprint density at radius 1 is 1.00 bits per heavy atom. The van der Waals surface area contributed by atoms with E-state index in [-0.39, 0.29) is 5.92 Å². The summed E-state index contributed by atoms with van der Waals surface area (Å²) in [5.74, 6) is 1.54. The summed E-state index contributed by atoms with van der Waals surface area (Å²) in [7, 11) is 0. The van der Waals surface area contributed by atoms with Gasteiger partial charge in [-0.2, -0.15) is 0 Å². The van der Waals surface area contributed by atoms with Gasteiger partial charge in [-0.1, -0.05) is 43.3 Å². The maximum absolute atomic E-state index is 10.7. The van der Waals surface area contributed by atoms with Gasteiger partial charge in [0.1, 0.15) is 18.5 Å². The highest BCUT2D eigenvalue weighted by Crippen LogP contribution is 2.61. The van der Waals surface area contributed by atoms with E-state index >= 15 is 0 Å². The molecule has 2 unspecified atom stereocenters. The van der Waals surface area contributed by atoms with Crippen LogP contribution in [0.5, 0.6) is 5.75 Å². The number of aryl methyl sites for hydroxylation is 1. The summed E-state index contributed by atoms with van der Waals surface area (Å²) in [6.45, 7) is 2.61. The molecule has 0 bridgehead atoms. The molecule has 4 nitrogen and oxygen atoms in total. The van der Waals surface area contributed by atoms with E-state index in [1.54, 1.807) is 0 Å². The van der Waals surface area contributed by atoms with Gasteiger partial charge in [0, 0.05) is 5.41 Å². The van der Waals surface area contributed by atoms with E-state index in [2.05, 4.69) is 30.3 Å². The van der Waals surface area contributed by atoms with Crippen LogP contribution in [0.2, 0.25) is 0 Å². The van der Waals surface area contributed by atoms with Crippen molar-refractivity contribution in [3.63, 3.8) is 0 Å². The lowest BCUT2D eigenvalue weighted by atomic mass is 9.55. The monoisotopic (exact) mass is 394 g/mol. The second-order valence-electron chi connectivity index (χ2n) is 9.44. The Kier molecular flexibility index (Phi) is 4.69. The SMILES string of the molecule is C[C@]12CC[C@@H]3c4ccc(OCc5ccccc5)cc4CC[C@H]3[C@@H]1C(O)C(O)[C@@H]2O. The first-order valence-corrected chi connectivity index (χ1v) is 10.8. The van der Waals surface area contributed by atoms with Crippen molar-refractivity contribution in [2.24, 2.45) is 17.3 Å². The molecule has 0 saturated heterocycles. The van der Waals surface area contributed by atoms with E-state index in [0.717, 1.165) is 37.0 Å². The van der Waals surface area contributed by atoms with Crippen molar-refractivity contribution in [1.82, 2.24) is 0 Å². The second-order valence-corrected chi connectivity index (χ2v) is 9.44. The van der Waals surface area contributed by atoms with Crippen LogP contribution in [0.15, 0.2) is 48.5 Å². The van der Waals surface area contributed by atoms with Crippen LogP contribution in [0.1, 0.15) is 48.8 Å². The van der Waals surface area contributed by atoms with Crippen LogP contribution in [0.3, 0.4) is 0 Å². The summed E-state index contributed by atoms with van der Waals surface area (Å²) in [6, 6.07) is 16.6. The molecule has 0 radical (unpaired) electrons. The third-order valence-electron chi connectivity index (χ3n) is 7.96. The number of benzene rings is 2. The number of fused-ring (bicyclic) bond motifs is 5. The van der Waals surface area contributed by atoms with Crippen LogP contribution in [0.4, 0.5) is 0 Å². The Bertz CT molecular complexity index is 882. The molecule has 29 heavy (non-hydrogen) atoms. The molecule has 4 heteroatoms. The van der Waals surface area contributed by atoms with Gasteiger partial charge in [0.15, 0.2) is 0 Å². The molecule has 5 rings (SSSR count). The highest BCUT2D eigenvalue weighted by atomic mass is 16.5. The number of ether oxygens (including phenoxy) is 1. The Morgan fingerprint density at radius 3 is 2.59 bits per heavy atom. The van der Waals surface area contributed by atoms with Gasteiger partial charge in [0.05, 0.1) is 12.2 Å². The first kappa shape index (κ1) is 19.1. The fourth-order valence-electron chi connectivity index (χ4n) is 6.44. The molecule has 3 aliphatic rings. The van der Waals surface area contributed by atoms with Gasteiger partial charge >= 0.3 is 0 Å². The minimum Gasteiger partial charge on any atom is -0.489 e. The normalized spacial score (nSPS) is 38.1. The lowest BCUT2D eigenvalue weighted by molar-refractivity contribution is -0.0505. The first-order chi connectivity index (χ1) is 14.0. The third-order valence-corrected chi connectivity index (χ3v) is 7.96. The van der Waals surface area contributed by atoms with Gasteiger partial charge in [0.2, 0.25) is 0 Å². The van der Waals surface area contributed by atoms with Crippen molar-refractivity contribution in [2.75, 3.05) is 0 Å². The maximum Gasteiger partial charge on any atom is 0.120 e. The van der Waals surface area contributed by atoms with Crippen molar-refractivity contribution in [3.8, 4) is 5.75 Å². The predicted molar refractivity (Wildman–Crippen MR) is 111 cm³/mol. The van der Waals surface area contributed by atoms with Crippen LogP contribution in [-0.4, -0.2) is 33.6 Å². The smallest absolute Gasteiger partial charge is 0.120 e. The second kappa shape index (κ2) is 7.12. The first-order valence-electron chi connectivity index (χ1n) is 10.8. The Hall–Kier alpha value is -1.88. The zero-order chi connectivity index (χ0) is 20.2. The van der Waals surface area contributed by atoms with Crippen molar-refractivity contribution >= 4 is 0 Å². The molecule has 0 amide bonds. The molecule has 3 N–H and O–H groups in total.